The maximum atomic E-state index is 5.06. The Hall–Kier alpha value is -1.90. The van der Waals surface area contributed by atoms with Crippen LogP contribution in [0.4, 0.5) is 0 Å². The number of fused-ring (bicyclic) bond motifs is 1. The quantitative estimate of drug-likeness (QED) is 0.768. The smallest absolute Gasteiger partial charge is 0.250 e. The Morgan fingerprint density at radius 1 is 1.38 bits per heavy atom. The van der Waals surface area contributed by atoms with E-state index in [0.29, 0.717) is 5.89 Å². The second kappa shape index (κ2) is 3.59. The number of hydrogen-bond acceptors (Lipinski definition) is 3. The van der Waals surface area contributed by atoms with E-state index in [0.717, 1.165) is 18.7 Å². The highest BCUT2D eigenvalue weighted by Crippen LogP contribution is 2.36. The van der Waals surface area contributed by atoms with Crippen molar-refractivity contribution < 1.29 is 4.52 Å². The standard InChI is InChI=1S/C13H12N2O/c1-2-12-14-13(15-16-12)11-8-7-9-5-3-4-6-10(9)11/h2-6,11H,1,7-8H2. The summed E-state index contributed by atoms with van der Waals surface area (Å²) in [4.78, 5) is 4.31. The first-order chi connectivity index (χ1) is 7.88. The normalized spacial score (nSPS) is 18.4. The summed E-state index contributed by atoms with van der Waals surface area (Å²) in [6.45, 7) is 3.62. The molecule has 0 saturated carbocycles. The third-order valence-corrected chi connectivity index (χ3v) is 3.08. The van der Waals surface area contributed by atoms with Crippen LogP contribution >= 0.6 is 0 Å². The van der Waals surface area contributed by atoms with Gasteiger partial charge >= 0.3 is 0 Å². The van der Waals surface area contributed by atoms with Crippen molar-refractivity contribution in [3.63, 3.8) is 0 Å². The van der Waals surface area contributed by atoms with Gasteiger partial charge in [-0.05, 0) is 30.0 Å². The van der Waals surface area contributed by atoms with Gasteiger partial charge in [0.15, 0.2) is 5.82 Å². The van der Waals surface area contributed by atoms with Crippen LogP contribution in [0.3, 0.4) is 0 Å². The molecule has 3 heteroatoms. The molecule has 0 fully saturated rings. The highest BCUT2D eigenvalue weighted by Gasteiger charge is 2.27. The first-order valence-electron chi connectivity index (χ1n) is 5.42. The molecular formula is C13H12N2O. The minimum Gasteiger partial charge on any atom is -0.335 e. The molecule has 1 atom stereocenters. The summed E-state index contributed by atoms with van der Waals surface area (Å²) >= 11 is 0. The minimum absolute atomic E-state index is 0.286. The summed E-state index contributed by atoms with van der Waals surface area (Å²) in [7, 11) is 0. The topological polar surface area (TPSA) is 38.9 Å². The van der Waals surface area contributed by atoms with Gasteiger partial charge in [-0.3, -0.25) is 0 Å². The molecule has 2 aromatic rings. The van der Waals surface area contributed by atoms with E-state index in [2.05, 4.69) is 41.0 Å². The van der Waals surface area contributed by atoms with Crippen LogP contribution in [0, 0.1) is 0 Å². The lowest BCUT2D eigenvalue weighted by Crippen LogP contribution is -1.98. The van der Waals surface area contributed by atoms with Gasteiger partial charge in [0, 0.05) is 5.92 Å². The van der Waals surface area contributed by atoms with Gasteiger partial charge in [-0.2, -0.15) is 4.98 Å². The van der Waals surface area contributed by atoms with Gasteiger partial charge in [-0.15, -0.1) is 0 Å². The summed E-state index contributed by atoms with van der Waals surface area (Å²) in [6, 6.07) is 8.46. The molecule has 0 aliphatic heterocycles. The average molecular weight is 212 g/mol. The Kier molecular flexibility index (Phi) is 2.10. The summed E-state index contributed by atoms with van der Waals surface area (Å²) in [5.74, 6) is 1.56. The third-order valence-electron chi connectivity index (χ3n) is 3.08. The molecule has 3 rings (SSSR count). The molecular weight excluding hydrogens is 200 g/mol. The molecule has 0 saturated heterocycles. The highest BCUT2D eigenvalue weighted by atomic mass is 16.5. The predicted molar refractivity (Wildman–Crippen MR) is 61.0 cm³/mol. The molecule has 3 nitrogen and oxygen atoms in total. The SMILES string of the molecule is C=Cc1nc(C2CCc3ccccc32)no1. The Labute approximate surface area is 93.8 Å². The van der Waals surface area contributed by atoms with Crippen LogP contribution < -0.4 is 0 Å². The van der Waals surface area contributed by atoms with Gasteiger partial charge < -0.3 is 4.52 Å². The number of hydrogen-bond donors (Lipinski definition) is 0. The molecule has 0 N–H and O–H groups in total. The minimum atomic E-state index is 0.286. The van der Waals surface area contributed by atoms with E-state index < -0.39 is 0 Å². The second-order valence-corrected chi connectivity index (χ2v) is 3.99. The number of aromatic nitrogens is 2. The van der Waals surface area contributed by atoms with E-state index in [1.807, 2.05) is 0 Å². The van der Waals surface area contributed by atoms with Crippen LogP contribution in [0.5, 0.6) is 0 Å². The molecule has 0 radical (unpaired) electrons. The number of aryl methyl sites for hydroxylation is 1. The highest BCUT2D eigenvalue weighted by molar-refractivity contribution is 5.39. The number of nitrogens with zero attached hydrogens (tertiary/aromatic N) is 2. The number of rotatable bonds is 2. The first kappa shape index (κ1) is 9.33. The maximum absolute atomic E-state index is 5.06. The zero-order valence-corrected chi connectivity index (χ0v) is 8.89. The largest absolute Gasteiger partial charge is 0.335 e. The van der Waals surface area contributed by atoms with E-state index in [9.17, 15) is 0 Å². The van der Waals surface area contributed by atoms with Gasteiger partial charge in [0.25, 0.3) is 0 Å². The molecule has 0 bridgehead atoms. The van der Waals surface area contributed by atoms with Crippen LogP contribution in [-0.4, -0.2) is 10.1 Å². The van der Waals surface area contributed by atoms with E-state index in [1.165, 1.54) is 11.1 Å². The summed E-state index contributed by atoms with van der Waals surface area (Å²) in [5.41, 5.74) is 2.73. The van der Waals surface area contributed by atoms with Crippen LogP contribution in [0.1, 0.15) is 35.2 Å². The van der Waals surface area contributed by atoms with E-state index >= 15 is 0 Å². The summed E-state index contributed by atoms with van der Waals surface area (Å²) < 4.78 is 5.06. The van der Waals surface area contributed by atoms with Gasteiger partial charge in [0.05, 0.1) is 0 Å². The average Bonchev–Trinajstić information content (AvgIpc) is 2.94. The zero-order chi connectivity index (χ0) is 11.0. The van der Waals surface area contributed by atoms with Crippen molar-refractivity contribution in [2.24, 2.45) is 0 Å². The van der Waals surface area contributed by atoms with Gasteiger partial charge in [-0.25, -0.2) is 0 Å². The van der Waals surface area contributed by atoms with E-state index in [4.69, 9.17) is 4.52 Å². The van der Waals surface area contributed by atoms with Gasteiger partial charge in [0.1, 0.15) is 0 Å². The lowest BCUT2D eigenvalue weighted by Gasteiger charge is -2.05. The van der Waals surface area contributed by atoms with Gasteiger partial charge in [0.2, 0.25) is 5.89 Å². The monoisotopic (exact) mass is 212 g/mol. The van der Waals surface area contributed by atoms with Crippen molar-refractivity contribution in [1.29, 1.82) is 0 Å². The van der Waals surface area contributed by atoms with Crippen LogP contribution in [-0.2, 0) is 6.42 Å². The molecule has 1 aromatic heterocycles. The summed E-state index contributed by atoms with van der Waals surface area (Å²) in [5, 5.41) is 4.01. The Bertz CT molecular complexity index is 530. The molecule has 1 aliphatic rings. The first-order valence-corrected chi connectivity index (χ1v) is 5.42. The Morgan fingerprint density at radius 3 is 3.06 bits per heavy atom. The Morgan fingerprint density at radius 2 is 2.25 bits per heavy atom. The molecule has 1 aromatic carbocycles. The van der Waals surface area contributed by atoms with Crippen LogP contribution in [0.15, 0.2) is 35.4 Å². The Balaban J connectivity index is 2.01. The molecule has 0 amide bonds. The fourth-order valence-electron chi connectivity index (χ4n) is 2.30. The molecule has 16 heavy (non-hydrogen) atoms. The maximum Gasteiger partial charge on any atom is 0.250 e. The van der Waals surface area contributed by atoms with Crippen molar-refractivity contribution >= 4 is 6.08 Å². The van der Waals surface area contributed by atoms with Gasteiger partial charge in [-0.1, -0.05) is 36.0 Å². The van der Waals surface area contributed by atoms with Crippen molar-refractivity contribution in [3.8, 4) is 0 Å². The predicted octanol–water partition coefficient (Wildman–Crippen LogP) is 2.79. The fourth-order valence-corrected chi connectivity index (χ4v) is 2.30. The van der Waals surface area contributed by atoms with Crippen molar-refractivity contribution in [2.75, 3.05) is 0 Å². The van der Waals surface area contributed by atoms with E-state index in [1.54, 1.807) is 6.08 Å². The van der Waals surface area contributed by atoms with Crippen molar-refractivity contribution in [2.45, 2.75) is 18.8 Å². The lowest BCUT2D eigenvalue weighted by atomic mass is 10.0. The zero-order valence-electron chi connectivity index (χ0n) is 8.89. The molecule has 1 heterocycles. The van der Waals surface area contributed by atoms with Crippen molar-refractivity contribution in [1.82, 2.24) is 10.1 Å². The van der Waals surface area contributed by atoms with Crippen LogP contribution in [0.25, 0.3) is 6.08 Å². The molecule has 1 aliphatic carbocycles. The lowest BCUT2D eigenvalue weighted by molar-refractivity contribution is 0.400. The molecule has 1 unspecified atom stereocenters. The van der Waals surface area contributed by atoms with E-state index in [-0.39, 0.29) is 5.92 Å². The third kappa shape index (κ3) is 1.36. The van der Waals surface area contributed by atoms with Crippen LogP contribution in [0.2, 0.25) is 0 Å². The number of benzene rings is 1. The summed E-state index contributed by atoms with van der Waals surface area (Å²) in [6.07, 6.45) is 3.74. The second-order valence-electron chi connectivity index (χ2n) is 3.99. The molecule has 80 valence electrons. The molecule has 0 spiro atoms. The van der Waals surface area contributed by atoms with Crippen molar-refractivity contribution in [3.05, 3.63) is 53.7 Å². The fraction of sp³-hybridized carbons (Fsp3) is 0.231.